The highest BCUT2D eigenvalue weighted by molar-refractivity contribution is 5.81. The molecule has 3 nitrogen and oxygen atoms in total. The lowest BCUT2D eigenvalue weighted by molar-refractivity contribution is 0.185. The van der Waals surface area contributed by atoms with Gasteiger partial charge >= 0.3 is 0 Å². The van der Waals surface area contributed by atoms with Crippen LogP contribution in [0, 0.1) is 13.8 Å². The Morgan fingerprint density at radius 3 is 1.08 bits per heavy atom. The van der Waals surface area contributed by atoms with Gasteiger partial charge in [-0.2, -0.15) is 0 Å². The van der Waals surface area contributed by atoms with Gasteiger partial charge in [0.25, 0.3) is 0 Å². The van der Waals surface area contributed by atoms with Crippen LogP contribution in [0.2, 0.25) is 0 Å². The molecule has 49 heavy (non-hydrogen) atoms. The number of rotatable bonds is 12. The molecule has 0 heterocycles. The van der Waals surface area contributed by atoms with Gasteiger partial charge in [-0.05, 0) is 150 Å². The molecule has 0 amide bonds. The predicted molar refractivity (Wildman–Crippen MR) is 210 cm³/mol. The maximum Gasteiger partial charge on any atom is 0.0713 e. The standard InChI is InChI=1S/C46H48N2O/c1-7-35-10-20-41(21-11-35)47(45-28-14-37(8-2)33(4)30-45)43-24-16-39(17-25-43)40-18-26-44(27-19-40)48(42-22-12-36(13-23-42)32-49-6)46-29-15-38(9-3)34(5)31-46/h10-31H,7-9,32H2,1-6H3. The monoisotopic (exact) mass is 644 g/mol. The molecule has 0 saturated carbocycles. The van der Waals surface area contributed by atoms with Crippen LogP contribution < -0.4 is 9.80 Å². The van der Waals surface area contributed by atoms with Crippen molar-refractivity contribution in [1.29, 1.82) is 0 Å². The minimum Gasteiger partial charge on any atom is -0.380 e. The Labute approximate surface area is 293 Å². The molecule has 0 unspecified atom stereocenters. The van der Waals surface area contributed by atoms with Gasteiger partial charge in [0.15, 0.2) is 0 Å². The van der Waals surface area contributed by atoms with Crippen molar-refractivity contribution in [2.45, 2.75) is 60.5 Å². The summed E-state index contributed by atoms with van der Waals surface area (Å²) in [6.45, 7) is 11.7. The van der Waals surface area contributed by atoms with Gasteiger partial charge in [0.1, 0.15) is 0 Å². The normalized spacial score (nSPS) is 11.1. The molecule has 0 aliphatic rings. The van der Waals surface area contributed by atoms with E-state index in [1.807, 2.05) is 0 Å². The summed E-state index contributed by atoms with van der Waals surface area (Å²) >= 11 is 0. The summed E-state index contributed by atoms with van der Waals surface area (Å²) < 4.78 is 5.36. The molecule has 6 aromatic rings. The Morgan fingerprint density at radius 1 is 0.408 bits per heavy atom. The molecule has 0 bridgehead atoms. The first-order valence-corrected chi connectivity index (χ1v) is 17.6. The molecule has 248 valence electrons. The highest BCUT2D eigenvalue weighted by Crippen LogP contribution is 2.39. The van der Waals surface area contributed by atoms with Crippen LogP contribution in [0.15, 0.2) is 133 Å². The Kier molecular flexibility index (Phi) is 10.6. The summed E-state index contributed by atoms with van der Waals surface area (Å²) in [5.41, 5.74) is 17.1. The molecule has 0 fully saturated rings. The highest BCUT2D eigenvalue weighted by atomic mass is 16.5. The quantitative estimate of drug-likeness (QED) is 0.132. The number of hydrogen-bond donors (Lipinski definition) is 0. The van der Waals surface area contributed by atoms with E-state index in [9.17, 15) is 0 Å². The van der Waals surface area contributed by atoms with E-state index < -0.39 is 0 Å². The zero-order valence-electron chi connectivity index (χ0n) is 29.8. The van der Waals surface area contributed by atoms with Crippen LogP contribution in [-0.4, -0.2) is 7.11 Å². The number of anilines is 6. The molecule has 0 aliphatic heterocycles. The fraction of sp³-hybridized carbons (Fsp3) is 0.217. The van der Waals surface area contributed by atoms with Gasteiger partial charge < -0.3 is 14.5 Å². The molecule has 6 aromatic carbocycles. The largest absolute Gasteiger partial charge is 0.380 e. The second-order valence-electron chi connectivity index (χ2n) is 12.8. The second kappa shape index (κ2) is 15.4. The second-order valence-corrected chi connectivity index (χ2v) is 12.8. The average Bonchev–Trinajstić information content (AvgIpc) is 3.14. The fourth-order valence-corrected chi connectivity index (χ4v) is 6.72. The van der Waals surface area contributed by atoms with Gasteiger partial charge in [-0.15, -0.1) is 0 Å². The number of methoxy groups -OCH3 is 1. The third kappa shape index (κ3) is 7.48. The van der Waals surface area contributed by atoms with Crippen molar-refractivity contribution < 1.29 is 4.74 Å². The van der Waals surface area contributed by atoms with E-state index in [1.54, 1.807) is 7.11 Å². The predicted octanol–water partition coefficient (Wildman–Crippen LogP) is 12.7. The van der Waals surface area contributed by atoms with Gasteiger partial charge in [-0.25, -0.2) is 0 Å². The molecular formula is C46H48N2O. The summed E-state index contributed by atoms with van der Waals surface area (Å²) in [5.74, 6) is 0. The molecule has 3 heteroatoms. The molecule has 0 spiro atoms. The van der Waals surface area contributed by atoms with Crippen LogP contribution in [0.4, 0.5) is 34.1 Å². The SMILES string of the molecule is CCc1ccc(N(c2ccc(-c3ccc(N(c4ccc(COC)cc4)c4ccc(CC)c(C)c4)cc3)cc2)c2ccc(CC)c(C)c2)cc1. The summed E-state index contributed by atoms with van der Waals surface area (Å²) in [4.78, 5) is 4.70. The molecule has 0 saturated heterocycles. The molecular weight excluding hydrogens is 597 g/mol. The van der Waals surface area contributed by atoms with Gasteiger partial charge in [0, 0.05) is 41.2 Å². The van der Waals surface area contributed by atoms with Gasteiger partial charge in [-0.1, -0.05) is 81.4 Å². The molecule has 0 radical (unpaired) electrons. The Bertz CT molecular complexity index is 1980. The van der Waals surface area contributed by atoms with Crippen molar-refractivity contribution in [3.05, 3.63) is 167 Å². The van der Waals surface area contributed by atoms with Gasteiger partial charge in [0.2, 0.25) is 0 Å². The van der Waals surface area contributed by atoms with E-state index in [0.29, 0.717) is 6.61 Å². The fourth-order valence-electron chi connectivity index (χ4n) is 6.72. The topological polar surface area (TPSA) is 15.7 Å². The van der Waals surface area contributed by atoms with Crippen molar-refractivity contribution in [1.82, 2.24) is 0 Å². The average molecular weight is 645 g/mol. The van der Waals surface area contributed by atoms with Crippen LogP contribution in [0.5, 0.6) is 0 Å². The van der Waals surface area contributed by atoms with E-state index in [0.717, 1.165) is 53.3 Å². The summed E-state index contributed by atoms with van der Waals surface area (Å²) in [6.07, 6.45) is 3.09. The van der Waals surface area contributed by atoms with Crippen LogP contribution in [0.1, 0.15) is 54.2 Å². The van der Waals surface area contributed by atoms with Crippen LogP contribution >= 0.6 is 0 Å². The molecule has 0 aliphatic carbocycles. The zero-order valence-corrected chi connectivity index (χ0v) is 29.8. The van der Waals surface area contributed by atoms with E-state index in [1.165, 1.54) is 44.6 Å². The first-order chi connectivity index (χ1) is 23.9. The van der Waals surface area contributed by atoms with Crippen LogP contribution in [0.3, 0.4) is 0 Å². The lowest BCUT2D eigenvalue weighted by atomic mass is 10.0. The maximum absolute atomic E-state index is 5.36. The van der Waals surface area contributed by atoms with Crippen molar-refractivity contribution in [3.63, 3.8) is 0 Å². The molecule has 6 rings (SSSR count). The molecule has 0 atom stereocenters. The van der Waals surface area contributed by atoms with Crippen molar-refractivity contribution >= 4 is 34.1 Å². The van der Waals surface area contributed by atoms with Crippen molar-refractivity contribution in [3.8, 4) is 11.1 Å². The number of ether oxygens (including phenoxy) is 1. The third-order valence-corrected chi connectivity index (χ3v) is 9.62. The van der Waals surface area contributed by atoms with Crippen LogP contribution in [0.25, 0.3) is 11.1 Å². The number of hydrogen-bond acceptors (Lipinski definition) is 3. The van der Waals surface area contributed by atoms with E-state index in [4.69, 9.17) is 4.74 Å². The minimum atomic E-state index is 0.603. The minimum absolute atomic E-state index is 0.603. The van der Waals surface area contributed by atoms with Crippen molar-refractivity contribution in [2.24, 2.45) is 0 Å². The molecule has 0 N–H and O–H groups in total. The van der Waals surface area contributed by atoms with Crippen LogP contribution in [-0.2, 0) is 30.6 Å². The van der Waals surface area contributed by atoms with Gasteiger partial charge in [0.05, 0.1) is 6.61 Å². The summed E-state index contributed by atoms with van der Waals surface area (Å²) in [6, 6.07) is 49.1. The van der Waals surface area contributed by atoms with Crippen molar-refractivity contribution in [2.75, 3.05) is 16.9 Å². The van der Waals surface area contributed by atoms with E-state index >= 15 is 0 Å². The molecule has 0 aromatic heterocycles. The smallest absolute Gasteiger partial charge is 0.0713 e. The highest BCUT2D eigenvalue weighted by Gasteiger charge is 2.16. The zero-order chi connectivity index (χ0) is 34.3. The Balaban J connectivity index is 1.33. The first-order valence-electron chi connectivity index (χ1n) is 17.6. The Morgan fingerprint density at radius 2 is 0.755 bits per heavy atom. The van der Waals surface area contributed by atoms with E-state index in [2.05, 4.69) is 178 Å². The Hall–Kier alpha value is -5.12. The number of nitrogens with zero attached hydrogens (tertiary/aromatic N) is 2. The van der Waals surface area contributed by atoms with E-state index in [-0.39, 0.29) is 0 Å². The lowest BCUT2D eigenvalue weighted by Gasteiger charge is -2.27. The van der Waals surface area contributed by atoms with Gasteiger partial charge in [-0.3, -0.25) is 0 Å². The number of benzene rings is 6. The third-order valence-electron chi connectivity index (χ3n) is 9.62. The maximum atomic E-state index is 5.36. The summed E-state index contributed by atoms with van der Waals surface area (Å²) in [5, 5.41) is 0. The lowest BCUT2D eigenvalue weighted by Crippen LogP contribution is -2.11. The number of aryl methyl sites for hydroxylation is 5. The first kappa shape index (κ1) is 33.8. The summed E-state index contributed by atoms with van der Waals surface area (Å²) in [7, 11) is 1.74.